The largest absolute Gasteiger partial charge is 0.472 e. The van der Waals surface area contributed by atoms with Crippen LogP contribution in [0.15, 0.2) is 23.0 Å². The first-order chi connectivity index (χ1) is 25.6. The lowest BCUT2D eigenvalue weighted by Gasteiger charge is -2.78. The monoisotopic (exact) mass is 776 g/mol. The number of aliphatic hydroxyl groups excluding tert-OH is 1. The number of fused-ring (bicyclic) bond motifs is 3. The number of cyclic esters (lactones) is 1. The van der Waals surface area contributed by atoms with Gasteiger partial charge in [0.2, 0.25) is 0 Å². The molecule has 4 bridgehead atoms. The predicted octanol–water partition coefficient (Wildman–Crippen LogP) is 0.924. The molecule has 4 heterocycles. The molecule has 0 aromatic carbocycles. The number of rotatable bonds is 8. The van der Waals surface area contributed by atoms with E-state index in [2.05, 4.69) is 0 Å². The Labute approximate surface area is 314 Å². The maximum Gasteiger partial charge on any atom is 0.306 e. The van der Waals surface area contributed by atoms with E-state index in [1.807, 2.05) is 0 Å². The first kappa shape index (κ1) is 37.8. The average Bonchev–Trinajstić information content (AvgIpc) is 3.79. The summed E-state index contributed by atoms with van der Waals surface area (Å²) in [6.07, 6.45) is -7.38. The third-order valence-corrected chi connectivity index (χ3v) is 14.1. The number of furan rings is 1. The number of esters is 6. The Morgan fingerprint density at radius 1 is 0.909 bits per heavy atom. The van der Waals surface area contributed by atoms with Gasteiger partial charge in [0.1, 0.15) is 42.2 Å². The maximum absolute atomic E-state index is 14.0. The number of carbonyl (C=O) groups is 6. The van der Waals surface area contributed by atoms with E-state index in [1.54, 1.807) is 13.8 Å². The van der Waals surface area contributed by atoms with Gasteiger partial charge in [0.05, 0.1) is 36.9 Å². The SMILES string of the molecule is COC(=O)CC1C2(C)CC34OC5(C)OC6(C7CC(=O)OC(c8ccoc8)C7(C)C(OC(C)=O)C(O)C6(O5)C13COC(C)=O)C(OC(C)=O)C4(O)C2OC(C)=O. The fraction of sp³-hybridized carbons (Fsp3) is 0.730. The van der Waals surface area contributed by atoms with Gasteiger partial charge < -0.3 is 57.3 Å². The van der Waals surface area contributed by atoms with Crippen LogP contribution >= 0.6 is 0 Å². The smallest absolute Gasteiger partial charge is 0.306 e. The zero-order chi connectivity index (χ0) is 40.1. The van der Waals surface area contributed by atoms with E-state index in [1.165, 1.54) is 25.5 Å². The van der Waals surface area contributed by atoms with Crippen molar-refractivity contribution >= 4 is 35.8 Å². The van der Waals surface area contributed by atoms with Crippen LogP contribution in [0.1, 0.15) is 79.4 Å². The van der Waals surface area contributed by atoms with Crippen LogP contribution in [0.2, 0.25) is 0 Å². The van der Waals surface area contributed by atoms with E-state index in [0.29, 0.717) is 5.56 Å². The van der Waals surface area contributed by atoms with Crippen LogP contribution < -0.4 is 0 Å². The molecule has 55 heavy (non-hydrogen) atoms. The van der Waals surface area contributed by atoms with Crippen molar-refractivity contribution in [2.75, 3.05) is 13.7 Å². The third-order valence-electron chi connectivity index (χ3n) is 14.1. The highest BCUT2D eigenvalue weighted by atomic mass is 16.9. The highest BCUT2D eigenvalue weighted by molar-refractivity contribution is 5.75. The maximum atomic E-state index is 14.0. The molecule has 2 N–H and O–H groups in total. The Kier molecular flexibility index (Phi) is 7.75. The van der Waals surface area contributed by atoms with Crippen LogP contribution in [0.3, 0.4) is 0 Å². The summed E-state index contributed by atoms with van der Waals surface area (Å²) in [5.41, 5.74) is -14.8. The second kappa shape index (κ2) is 11.3. The molecule has 0 amide bonds. The molecule has 4 saturated carbocycles. The Morgan fingerprint density at radius 3 is 2.15 bits per heavy atom. The molecule has 7 fully saturated rings. The van der Waals surface area contributed by atoms with Gasteiger partial charge in [0.25, 0.3) is 5.97 Å². The Hall–Kier alpha value is -4.10. The van der Waals surface area contributed by atoms with Gasteiger partial charge in [-0.1, -0.05) is 13.8 Å². The highest BCUT2D eigenvalue weighted by Crippen LogP contribution is 2.90. The molecule has 3 aliphatic heterocycles. The zero-order valence-corrected chi connectivity index (χ0v) is 31.5. The number of methoxy groups -OCH3 is 1. The molecule has 7 aliphatic rings. The summed E-state index contributed by atoms with van der Waals surface area (Å²) >= 11 is 0. The summed E-state index contributed by atoms with van der Waals surface area (Å²) in [4.78, 5) is 80.2. The molecule has 300 valence electrons. The fourth-order valence-electron chi connectivity index (χ4n) is 13.0. The fourth-order valence-corrected chi connectivity index (χ4v) is 13.0. The molecule has 15 atom stereocenters. The van der Waals surface area contributed by atoms with Crippen LogP contribution in [0.25, 0.3) is 0 Å². The van der Waals surface area contributed by atoms with Gasteiger partial charge >= 0.3 is 35.8 Å². The van der Waals surface area contributed by atoms with E-state index >= 15 is 0 Å². The van der Waals surface area contributed by atoms with Crippen molar-refractivity contribution in [3.05, 3.63) is 24.2 Å². The molecule has 3 saturated heterocycles. The van der Waals surface area contributed by atoms with Gasteiger partial charge in [0, 0.05) is 57.9 Å². The summed E-state index contributed by atoms with van der Waals surface area (Å²) in [6.45, 7) is 8.28. The molecule has 4 aliphatic carbocycles. The molecule has 1 aromatic heterocycles. The number of carbonyl (C=O) groups excluding carboxylic acids is 6. The van der Waals surface area contributed by atoms with E-state index in [9.17, 15) is 39.0 Å². The number of ether oxygens (including phenoxy) is 9. The minimum atomic E-state index is -2.64. The standard InChI is InChI=1S/C37H44O18/c1-16(38)48-15-33-21(11-23(42)46-8)30(5)14-34(33)35(45,28(30)50-18(3)40)29(51-19(4)41)36-22-12-24(43)52-26(20-9-10-47-13-20)31(22,6)27(49-17(2)39)25(44)37(33,36)55-32(7,53-34)54-36/h9-10,13,21-22,25-29,44-45H,11-12,14-15H2,1-8H3. The predicted molar refractivity (Wildman–Crippen MR) is 173 cm³/mol. The topological polar surface area (TPSA) is 239 Å². The quantitative estimate of drug-likeness (QED) is 0.276. The molecular formula is C37H44O18. The normalized spacial score (nSPS) is 49.3. The van der Waals surface area contributed by atoms with Crippen LogP contribution in [-0.4, -0.2) is 113 Å². The Balaban J connectivity index is 1.56. The highest BCUT2D eigenvalue weighted by Gasteiger charge is 3.07. The van der Waals surface area contributed by atoms with E-state index in [4.69, 9.17) is 47.0 Å². The van der Waals surface area contributed by atoms with Gasteiger partial charge in [-0.2, -0.15) is 0 Å². The van der Waals surface area contributed by atoms with Gasteiger partial charge in [0.15, 0.2) is 17.3 Å². The minimum Gasteiger partial charge on any atom is -0.472 e. The van der Waals surface area contributed by atoms with Crippen LogP contribution in [-0.2, 0) is 71.4 Å². The Bertz CT molecular complexity index is 1900. The first-order valence-electron chi connectivity index (χ1n) is 18.1. The molecule has 1 aromatic rings. The molecule has 2 spiro atoms. The van der Waals surface area contributed by atoms with Gasteiger partial charge in [-0.25, -0.2) is 0 Å². The Morgan fingerprint density at radius 2 is 1.56 bits per heavy atom. The van der Waals surface area contributed by atoms with Gasteiger partial charge in [-0.05, 0) is 18.4 Å². The van der Waals surface area contributed by atoms with Gasteiger partial charge in [-0.3, -0.25) is 28.8 Å². The van der Waals surface area contributed by atoms with Crippen molar-refractivity contribution in [1.29, 1.82) is 0 Å². The second-order valence-electron chi connectivity index (χ2n) is 16.6. The van der Waals surface area contributed by atoms with E-state index < -0.39 is 142 Å². The molecular weight excluding hydrogens is 732 g/mol. The minimum absolute atomic E-state index is 0.262. The number of hydrogen-bond donors (Lipinski definition) is 2. The number of aliphatic hydroxyl groups is 2. The van der Waals surface area contributed by atoms with Crippen LogP contribution in [0.4, 0.5) is 0 Å². The van der Waals surface area contributed by atoms with Crippen molar-refractivity contribution in [2.24, 2.45) is 28.1 Å². The summed E-state index contributed by atoms with van der Waals surface area (Å²) in [5.74, 6) is -9.92. The van der Waals surface area contributed by atoms with E-state index in [0.717, 1.165) is 34.8 Å². The lowest BCUT2D eigenvalue weighted by atomic mass is 9.32. The third kappa shape index (κ3) is 4.01. The van der Waals surface area contributed by atoms with Crippen molar-refractivity contribution in [3.63, 3.8) is 0 Å². The summed E-state index contributed by atoms with van der Waals surface area (Å²) in [5, 5.41) is 27.4. The first-order valence-corrected chi connectivity index (χ1v) is 18.1. The van der Waals surface area contributed by atoms with Crippen LogP contribution in [0.5, 0.6) is 0 Å². The second-order valence-corrected chi connectivity index (χ2v) is 16.6. The summed E-state index contributed by atoms with van der Waals surface area (Å²) < 4.78 is 61.6. The zero-order valence-electron chi connectivity index (χ0n) is 31.5. The van der Waals surface area contributed by atoms with Crippen molar-refractivity contribution in [1.82, 2.24) is 0 Å². The molecule has 15 unspecified atom stereocenters. The summed E-state index contributed by atoms with van der Waals surface area (Å²) in [6, 6.07) is 1.52. The van der Waals surface area contributed by atoms with Crippen molar-refractivity contribution < 1.29 is 86.0 Å². The van der Waals surface area contributed by atoms with Crippen molar-refractivity contribution in [2.45, 2.75) is 127 Å². The van der Waals surface area contributed by atoms with Gasteiger partial charge in [-0.15, -0.1) is 0 Å². The molecule has 18 heteroatoms. The lowest BCUT2D eigenvalue weighted by molar-refractivity contribution is -0.497. The van der Waals surface area contributed by atoms with E-state index in [-0.39, 0.29) is 6.42 Å². The lowest BCUT2D eigenvalue weighted by Crippen LogP contribution is -2.98. The molecule has 0 radical (unpaired) electrons. The summed E-state index contributed by atoms with van der Waals surface area (Å²) in [7, 11) is 1.16. The van der Waals surface area contributed by atoms with Crippen molar-refractivity contribution in [3.8, 4) is 0 Å². The number of hydrogen-bond acceptors (Lipinski definition) is 18. The molecule has 18 nitrogen and oxygen atoms in total. The molecule has 8 rings (SSSR count). The van der Waals surface area contributed by atoms with Crippen LogP contribution in [0, 0.1) is 28.1 Å². The average molecular weight is 777 g/mol.